The second kappa shape index (κ2) is 6.02. The molecule has 2 atom stereocenters. The molecule has 21 heavy (non-hydrogen) atoms. The molecule has 116 valence electrons. The fourth-order valence-electron chi connectivity index (χ4n) is 2.74. The Bertz CT molecular complexity index is 649. The van der Waals surface area contributed by atoms with Gasteiger partial charge in [-0.3, -0.25) is 9.78 Å². The molecule has 1 aliphatic carbocycles. The van der Waals surface area contributed by atoms with Crippen LogP contribution < -0.4 is 4.72 Å². The van der Waals surface area contributed by atoms with Crippen LogP contribution in [0.1, 0.15) is 32.6 Å². The molecule has 0 bridgehead atoms. The largest absolute Gasteiger partial charge is 0.480 e. The van der Waals surface area contributed by atoms with E-state index in [0.717, 1.165) is 6.42 Å². The average Bonchev–Trinajstić information content (AvgIpc) is 2.38. The number of nitrogens with one attached hydrogen (secondary N) is 1. The van der Waals surface area contributed by atoms with Crippen LogP contribution in [-0.4, -0.2) is 30.0 Å². The normalized spacial score (nSPS) is 26.5. The molecule has 2 rings (SSSR count). The molecule has 1 heterocycles. The van der Waals surface area contributed by atoms with Crippen LogP contribution >= 0.6 is 15.9 Å². The SMILES string of the molecule is CC1CCCC(NS(=O)(=O)c2cncc(Br)c2)(C(=O)O)C1. The van der Waals surface area contributed by atoms with Crippen LogP contribution in [0.15, 0.2) is 27.8 Å². The number of carbonyl (C=O) groups is 1. The van der Waals surface area contributed by atoms with Crippen molar-refractivity contribution < 1.29 is 18.3 Å². The number of aromatic nitrogens is 1. The summed E-state index contributed by atoms with van der Waals surface area (Å²) in [5, 5.41) is 9.52. The highest BCUT2D eigenvalue weighted by Crippen LogP contribution is 2.34. The summed E-state index contributed by atoms with van der Waals surface area (Å²) in [6.07, 6.45) is 4.86. The summed E-state index contributed by atoms with van der Waals surface area (Å²) in [5.74, 6) is -0.959. The van der Waals surface area contributed by atoms with Gasteiger partial charge in [-0.15, -0.1) is 0 Å². The quantitative estimate of drug-likeness (QED) is 0.838. The number of pyridine rings is 1. The molecule has 2 N–H and O–H groups in total. The van der Waals surface area contributed by atoms with Crippen molar-refractivity contribution in [1.82, 2.24) is 9.71 Å². The summed E-state index contributed by atoms with van der Waals surface area (Å²) >= 11 is 3.16. The summed E-state index contributed by atoms with van der Waals surface area (Å²) in [6.45, 7) is 1.94. The topological polar surface area (TPSA) is 96.4 Å². The molecule has 0 amide bonds. The van der Waals surface area contributed by atoms with Crippen molar-refractivity contribution in [3.8, 4) is 0 Å². The number of carboxylic acid groups (broad SMARTS) is 1. The van der Waals surface area contributed by atoms with Gasteiger partial charge in [0.2, 0.25) is 10.0 Å². The van der Waals surface area contributed by atoms with Crippen LogP contribution in [0.25, 0.3) is 0 Å². The molecule has 1 aliphatic rings. The number of sulfonamides is 1. The number of halogens is 1. The average molecular weight is 377 g/mol. The molecule has 6 nitrogen and oxygen atoms in total. The first-order chi connectivity index (χ1) is 9.75. The Morgan fingerprint density at radius 2 is 2.24 bits per heavy atom. The van der Waals surface area contributed by atoms with E-state index in [4.69, 9.17) is 0 Å². The van der Waals surface area contributed by atoms with E-state index >= 15 is 0 Å². The van der Waals surface area contributed by atoms with E-state index in [1.54, 1.807) is 0 Å². The van der Waals surface area contributed by atoms with Crippen molar-refractivity contribution in [2.75, 3.05) is 0 Å². The van der Waals surface area contributed by atoms with Crippen molar-refractivity contribution in [2.24, 2.45) is 5.92 Å². The zero-order valence-corrected chi connectivity index (χ0v) is 13.9. The maximum absolute atomic E-state index is 12.4. The summed E-state index contributed by atoms with van der Waals surface area (Å²) in [7, 11) is -3.93. The number of hydrogen-bond acceptors (Lipinski definition) is 4. The number of hydrogen-bond donors (Lipinski definition) is 2. The van der Waals surface area contributed by atoms with Gasteiger partial charge in [0.1, 0.15) is 10.4 Å². The van der Waals surface area contributed by atoms with Crippen LogP contribution in [0.5, 0.6) is 0 Å². The molecule has 1 fully saturated rings. The highest BCUT2D eigenvalue weighted by Gasteiger charge is 2.45. The molecule has 0 radical (unpaired) electrons. The van der Waals surface area contributed by atoms with Gasteiger partial charge in [-0.05, 0) is 40.8 Å². The van der Waals surface area contributed by atoms with E-state index in [2.05, 4.69) is 25.6 Å². The Balaban J connectivity index is 2.34. The van der Waals surface area contributed by atoms with E-state index in [-0.39, 0.29) is 10.8 Å². The Morgan fingerprint density at radius 3 is 2.81 bits per heavy atom. The van der Waals surface area contributed by atoms with E-state index in [1.807, 2.05) is 6.92 Å². The highest BCUT2D eigenvalue weighted by atomic mass is 79.9. The van der Waals surface area contributed by atoms with Crippen LogP contribution in [0.3, 0.4) is 0 Å². The van der Waals surface area contributed by atoms with Gasteiger partial charge in [0.25, 0.3) is 0 Å². The fourth-order valence-corrected chi connectivity index (χ4v) is 4.64. The molecule has 2 unspecified atom stereocenters. The third-order valence-electron chi connectivity index (χ3n) is 3.73. The third-order valence-corrected chi connectivity index (χ3v) is 5.66. The van der Waals surface area contributed by atoms with Gasteiger partial charge in [0.05, 0.1) is 0 Å². The summed E-state index contributed by atoms with van der Waals surface area (Å²) in [5.41, 5.74) is -1.43. The molecule has 0 spiro atoms. The third kappa shape index (κ3) is 3.61. The lowest BCUT2D eigenvalue weighted by Gasteiger charge is -2.36. The zero-order chi connectivity index (χ0) is 15.7. The lowest BCUT2D eigenvalue weighted by molar-refractivity contribution is -0.146. The van der Waals surface area contributed by atoms with Crippen molar-refractivity contribution >= 4 is 31.9 Å². The molecular formula is C13H17BrN2O4S. The standard InChI is InChI=1S/C13H17BrN2O4S/c1-9-3-2-4-13(6-9,12(17)18)16-21(19,20)11-5-10(14)7-15-8-11/h5,7-9,16H,2-4,6H2,1H3,(H,17,18). The van der Waals surface area contributed by atoms with Crippen molar-refractivity contribution in [2.45, 2.75) is 43.0 Å². The monoisotopic (exact) mass is 376 g/mol. The van der Waals surface area contributed by atoms with Gasteiger partial charge >= 0.3 is 5.97 Å². The van der Waals surface area contributed by atoms with Gasteiger partial charge in [0.15, 0.2) is 0 Å². The zero-order valence-electron chi connectivity index (χ0n) is 11.5. The molecule has 1 aromatic rings. The summed E-state index contributed by atoms with van der Waals surface area (Å²) in [6, 6.07) is 1.40. The van der Waals surface area contributed by atoms with E-state index in [0.29, 0.717) is 23.7 Å². The maximum Gasteiger partial charge on any atom is 0.324 e. The minimum atomic E-state index is -3.93. The number of aliphatic carboxylic acids is 1. The predicted molar refractivity (Wildman–Crippen MR) is 80.3 cm³/mol. The lowest BCUT2D eigenvalue weighted by atomic mass is 9.77. The van der Waals surface area contributed by atoms with Crippen molar-refractivity contribution in [3.63, 3.8) is 0 Å². The molecule has 0 aromatic carbocycles. The van der Waals surface area contributed by atoms with Crippen molar-refractivity contribution in [3.05, 3.63) is 22.9 Å². The molecule has 8 heteroatoms. The van der Waals surface area contributed by atoms with E-state index in [1.165, 1.54) is 18.5 Å². The Kier molecular flexibility index (Phi) is 4.69. The van der Waals surface area contributed by atoms with Crippen LogP contribution in [0.4, 0.5) is 0 Å². The van der Waals surface area contributed by atoms with E-state index < -0.39 is 21.5 Å². The number of nitrogens with zero attached hydrogens (tertiary/aromatic N) is 1. The molecule has 1 aromatic heterocycles. The highest BCUT2D eigenvalue weighted by molar-refractivity contribution is 9.10. The second-order valence-electron chi connectivity index (χ2n) is 5.53. The first kappa shape index (κ1) is 16.4. The minimum absolute atomic E-state index is 0.0456. The summed E-state index contributed by atoms with van der Waals surface area (Å²) < 4.78 is 27.8. The number of carboxylic acids is 1. The molecular weight excluding hydrogens is 360 g/mol. The predicted octanol–water partition coefficient (Wildman–Crippen LogP) is 2.16. The first-order valence-corrected chi connectivity index (χ1v) is 8.91. The lowest BCUT2D eigenvalue weighted by Crippen LogP contribution is -2.56. The fraction of sp³-hybridized carbons (Fsp3) is 0.538. The Morgan fingerprint density at radius 1 is 1.52 bits per heavy atom. The van der Waals surface area contributed by atoms with Crippen LogP contribution in [0, 0.1) is 5.92 Å². The van der Waals surface area contributed by atoms with Gasteiger partial charge in [0, 0.05) is 16.9 Å². The van der Waals surface area contributed by atoms with Crippen molar-refractivity contribution in [1.29, 1.82) is 0 Å². The minimum Gasteiger partial charge on any atom is -0.480 e. The van der Waals surface area contributed by atoms with Crippen LogP contribution in [0.2, 0.25) is 0 Å². The smallest absolute Gasteiger partial charge is 0.324 e. The Hall–Kier alpha value is -0.990. The van der Waals surface area contributed by atoms with Gasteiger partial charge < -0.3 is 5.11 Å². The summed E-state index contributed by atoms with van der Waals surface area (Å²) in [4.78, 5) is 15.4. The molecule has 0 aliphatic heterocycles. The molecule has 1 saturated carbocycles. The van der Waals surface area contributed by atoms with Crippen LogP contribution in [-0.2, 0) is 14.8 Å². The maximum atomic E-state index is 12.4. The van der Waals surface area contributed by atoms with E-state index in [9.17, 15) is 18.3 Å². The Labute approximate surface area is 132 Å². The van der Waals surface area contributed by atoms with Gasteiger partial charge in [-0.25, -0.2) is 8.42 Å². The van der Waals surface area contributed by atoms with Gasteiger partial charge in [-0.2, -0.15) is 4.72 Å². The number of rotatable bonds is 4. The van der Waals surface area contributed by atoms with Gasteiger partial charge in [-0.1, -0.05) is 19.8 Å². The first-order valence-electron chi connectivity index (χ1n) is 6.63. The second-order valence-corrected chi connectivity index (χ2v) is 8.13. The molecule has 0 saturated heterocycles.